The number of rotatable bonds is 4. The van der Waals surface area contributed by atoms with Crippen LogP contribution in [0.25, 0.3) is 0 Å². The highest BCUT2D eigenvalue weighted by atomic mass is 16.2. The Hall–Kier alpha value is -1.47. The molecule has 1 saturated carbocycles. The van der Waals surface area contributed by atoms with Gasteiger partial charge in [0.05, 0.1) is 6.04 Å². The molecule has 1 saturated heterocycles. The molecular formula is C12H20N4O3. The van der Waals surface area contributed by atoms with Gasteiger partial charge >= 0.3 is 0 Å². The molecule has 19 heavy (non-hydrogen) atoms. The molecule has 0 spiro atoms. The molecule has 0 aromatic rings. The first kappa shape index (κ1) is 14.0. The summed E-state index contributed by atoms with van der Waals surface area (Å²) in [6, 6.07) is -0.308. The van der Waals surface area contributed by atoms with Crippen LogP contribution in [-0.4, -0.2) is 41.9 Å². The molecule has 3 amide bonds. The molecule has 2 fully saturated rings. The highest BCUT2D eigenvalue weighted by Gasteiger charge is 2.30. The second-order valence-corrected chi connectivity index (χ2v) is 5.16. The number of hydrogen-bond acceptors (Lipinski definition) is 5. The van der Waals surface area contributed by atoms with E-state index in [1.165, 1.54) is 0 Å². The minimum Gasteiger partial charge on any atom is -0.306 e. The summed E-state index contributed by atoms with van der Waals surface area (Å²) in [5.41, 5.74) is 0. The second-order valence-electron chi connectivity index (χ2n) is 5.16. The Morgan fingerprint density at radius 3 is 2.47 bits per heavy atom. The fraction of sp³-hybridized carbons (Fsp3) is 0.750. The maximum Gasteiger partial charge on any atom is 0.247 e. The maximum absolute atomic E-state index is 11.7. The molecule has 0 aromatic heterocycles. The monoisotopic (exact) mass is 268 g/mol. The Kier molecular flexibility index (Phi) is 4.49. The lowest BCUT2D eigenvalue weighted by molar-refractivity contribution is -0.143. The Morgan fingerprint density at radius 2 is 1.95 bits per heavy atom. The van der Waals surface area contributed by atoms with Crippen LogP contribution in [0.2, 0.25) is 0 Å². The maximum atomic E-state index is 11.7. The van der Waals surface area contributed by atoms with Crippen LogP contribution in [0, 0.1) is 5.92 Å². The lowest BCUT2D eigenvalue weighted by Crippen LogP contribution is -2.51. The van der Waals surface area contributed by atoms with Crippen LogP contribution in [0.4, 0.5) is 0 Å². The van der Waals surface area contributed by atoms with E-state index in [-0.39, 0.29) is 30.3 Å². The Bertz CT molecular complexity index is 375. The van der Waals surface area contributed by atoms with Crippen LogP contribution in [0.1, 0.15) is 32.1 Å². The van der Waals surface area contributed by atoms with Gasteiger partial charge in [-0.15, -0.1) is 0 Å². The Labute approximate surface area is 111 Å². The standard InChI is InChI=1S/C12H20N4O3/c13-16(12(19)8-3-1-4-8)7-10(17)15-11(18)9-5-2-6-14-9/h8-9,14H,1-7,13H2,(H,15,17,18)/t9-/m0/s1. The van der Waals surface area contributed by atoms with E-state index >= 15 is 0 Å². The number of nitrogens with zero attached hydrogens (tertiary/aromatic N) is 1. The fourth-order valence-corrected chi connectivity index (χ4v) is 2.29. The second kappa shape index (κ2) is 6.12. The largest absolute Gasteiger partial charge is 0.306 e. The van der Waals surface area contributed by atoms with Gasteiger partial charge in [0.2, 0.25) is 17.7 Å². The van der Waals surface area contributed by atoms with E-state index in [1.807, 2.05) is 0 Å². The summed E-state index contributed by atoms with van der Waals surface area (Å²) in [5.74, 6) is 4.41. The lowest BCUT2D eigenvalue weighted by Gasteiger charge is -2.28. The SMILES string of the molecule is NN(CC(=O)NC(=O)[C@@H]1CCCN1)C(=O)C1CCC1. The molecule has 2 rings (SSSR count). The topological polar surface area (TPSA) is 105 Å². The third-order valence-electron chi connectivity index (χ3n) is 3.69. The molecule has 0 aromatic carbocycles. The molecule has 1 heterocycles. The summed E-state index contributed by atoms with van der Waals surface area (Å²) in [6.07, 6.45) is 4.35. The molecule has 0 bridgehead atoms. The van der Waals surface area contributed by atoms with Gasteiger partial charge in [-0.3, -0.25) is 24.7 Å². The van der Waals surface area contributed by atoms with Crippen molar-refractivity contribution in [3.8, 4) is 0 Å². The van der Waals surface area contributed by atoms with E-state index in [4.69, 9.17) is 5.84 Å². The summed E-state index contributed by atoms with van der Waals surface area (Å²) in [7, 11) is 0. The summed E-state index contributed by atoms with van der Waals surface area (Å²) in [5, 5.41) is 6.18. The first-order chi connectivity index (χ1) is 9.08. The number of amides is 3. The van der Waals surface area contributed by atoms with Crippen LogP contribution < -0.4 is 16.5 Å². The molecule has 7 nitrogen and oxygen atoms in total. The van der Waals surface area contributed by atoms with Crippen LogP contribution in [0.5, 0.6) is 0 Å². The van der Waals surface area contributed by atoms with Crippen molar-refractivity contribution in [2.45, 2.75) is 38.1 Å². The highest BCUT2D eigenvalue weighted by molar-refractivity contribution is 5.99. The summed E-state index contributed by atoms with van der Waals surface area (Å²) < 4.78 is 0. The molecule has 7 heteroatoms. The van der Waals surface area contributed by atoms with Crippen molar-refractivity contribution in [1.29, 1.82) is 0 Å². The average molecular weight is 268 g/mol. The molecule has 1 aliphatic carbocycles. The number of nitrogens with one attached hydrogen (secondary N) is 2. The molecule has 1 aliphatic heterocycles. The number of carbonyl (C=O) groups is 3. The van der Waals surface area contributed by atoms with Crippen LogP contribution in [-0.2, 0) is 14.4 Å². The van der Waals surface area contributed by atoms with E-state index in [2.05, 4.69) is 10.6 Å². The molecule has 0 unspecified atom stereocenters. The lowest BCUT2D eigenvalue weighted by atomic mass is 9.84. The van der Waals surface area contributed by atoms with Gasteiger partial charge in [-0.1, -0.05) is 6.42 Å². The van der Waals surface area contributed by atoms with Gasteiger partial charge in [-0.25, -0.2) is 5.84 Å². The van der Waals surface area contributed by atoms with Gasteiger partial charge in [0, 0.05) is 5.92 Å². The number of hydrazine groups is 1. The van der Waals surface area contributed by atoms with Crippen molar-refractivity contribution in [3.63, 3.8) is 0 Å². The van der Waals surface area contributed by atoms with Crippen molar-refractivity contribution in [2.75, 3.05) is 13.1 Å². The quantitative estimate of drug-likeness (QED) is 0.340. The normalized spacial score (nSPS) is 22.7. The minimum atomic E-state index is -0.533. The number of nitrogens with two attached hydrogens (primary N) is 1. The van der Waals surface area contributed by atoms with Crippen molar-refractivity contribution >= 4 is 17.7 Å². The van der Waals surface area contributed by atoms with Gasteiger partial charge in [0.1, 0.15) is 6.54 Å². The zero-order chi connectivity index (χ0) is 13.8. The predicted molar refractivity (Wildman–Crippen MR) is 67.4 cm³/mol. The number of hydrogen-bond donors (Lipinski definition) is 3. The van der Waals surface area contributed by atoms with Crippen molar-refractivity contribution in [2.24, 2.45) is 11.8 Å². The number of imide groups is 1. The van der Waals surface area contributed by atoms with Gasteiger partial charge in [0.15, 0.2) is 0 Å². The average Bonchev–Trinajstić information content (AvgIpc) is 2.79. The Morgan fingerprint density at radius 1 is 1.21 bits per heavy atom. The predicted octanol–water partition coefficient (Wildman–Crippen LogP) is -1.12. The van der Waals surface area contributed by atoms with Gasteiger partial charge in [-0.05, 0) is 32.2 Å². The van der Waals surface area contributed by atoms with Gasteiger partial charge in [-0.2, -0.15) is 0 Å². The van der Waals surface area contributed by atoms with E-state index in [0.29, 0.717) is 0 Å². The van der Waals surface area contributed by atoms with Crippen molar-refractivity contribution < 1.29 is 14.4 Å². The Balaban J connectivity index is 1.73. The molecule has 2 aliphatic rings. The first-order valence-corrected chi connectivity index (χ1v) is 6.71. The minimum absolute atomic E-state index is 0.0509. The third-order valence-corrected chi connectivity index (χ3v) is 3.69. The summed E-state index contributed by atoms with van der Waals surface area (Å²) >= 11 is 0. The number of carbonyl (C=O) groups excluding carboxylic acids is 3. The summed E-state index contributed by atoms with van der Waals surface area (Å²) in [6.45, 7) is 0.517. The van der Waals surface area contributed by atoms with Crippen LogP contribution in [0.15, 0.2) is 0 Å². The fourth-order valence-electron chi connectivity index (χ4n) is 2.29. The zero-order valence-electron chi connectivity index (χ0n) is 10.9. The molecule has 106 valence electrons. The first-order valence-electron chi connectivity index (χ1n) is 6.71. The molecule has 4 N–H and O–H groups in total. The summed E-state index contributed by atoms with van der Waals surface area (Å²) in [4.78, 5) is 35.0. The van der Waals surface area contributed by atoms with E-state index in [1.54, 1.807) is 0 Å². The highest BCUT2D eigenvalue weighted by Crippen LogP contribution is 2.27. The zero-order valence-corrected chi connectivity index (χ0v) is 10.9. The van der Waals surface area contributed by atoms with E-state index in [9.17, 15) is 14.4 Å². The van der Waals surface area contributed by atoms with E-state index < -0.39 is 5.91 Å². The van der Waals surface area contributed by atoms with Gasteiger partial charge < -0.3 is 5.32 Å². The van der Waals surface area contributed by atoms with Crippen LogP contribution >= 0.6 is 0 Å². The third kappa shape index (κ3) is 3.51. The van der Waals surface area contributed by atoms with Crippen LogP contribution in [0.3, 0.4) is 0 Å². The molecule has 1 atom stereocenters. The van der Waals surface area contributed by atoms with E-state index in [0.717, 1.165) is 43.7 Å². The smallest absolute Gasteiger partial charge is 0.247 e. The van der Waals surface area contributed by atoms with Crippen molar-refractivity contribution in [1.82, 2.24) is 15.6 Å². The molecular weight excluding hydrogens is 248 g/mol. The van der Waals surface area contributed by atoms with Gasteiger partial charge in [0.25, 0.3) is 0 Å². The van der Waals surface area contributed by atoms with Crippen molar-refractivity contribution in [3.05, 3.63) is 0 Å². The molecule has 0 radical (unpaired) electrons.